The predicted molar refractivity (Wildman–Crippen MR) is 75.7 cm³/mol. The van der Waals surface area contributed by atoms with Crippen molar-refractivity contribution in [1.82, 2.24) is 9.55 Å². The minimum absolute atomic E-state index is 0. The summed E-state index contributed by atoms with van der Waals surface area (Å²) in [6.07, 6.45) is -1.57. The molecule has 1 aliphatic heterocycles. The fourth-order valence-electron chi connectivity index (χ4n) is 2.01. The number of aromatic amines is 1. The summed E-state index contributed by atoms with van der Waals surface area (Å²) < 4.78 is 21.4. The molecule has 0 spiro atoms. The van der Waals surface area contributed by atoms with E-state index in [4.69, 9.17) is 14.5 Å². The van der Waals surface area contributed by atoms with Gasteiger partial charge in [-0.3, -0.25) is 18.9 Å². The molecule has 0 aliphatic carbocycles. The maximum atomic E-state index is 11.7. The van der Waals surface area contributed by atoms with E-state index in [-0.39, 0.29) is 25.3 Å². The van der Waals surface area contributed by atoms with Gasteiger partial charge in [0, 0.05) is 18.2 Å². The van der Waals surface area contributed by atoms with Gasteiger partial charge in [0.15, 0.2) is 0 Å². The Morgan fingerprint density at radius 1 is 1.50 bits per heavy atom. The molecule has 0 saturated carbocycles. The van der Waals surface area contributed by atoms with E-state index < -0.39 is 44.1 Å². The normalized spacial score (nSPS) is 25.0. The zero-order chi connectivity index (χ0) is 15.8. The number of ether oxygens (including phenoxy) is 1. The topological polar surface area (TPSA) is 151 Å². The van der Waals surface area contributed by atoms with Crippen LogP contribution in [0.5, 0.6) is 0 Å². The number of H-pyrrole nitrogens is 1. The standard InChI is InChI=1S/C10H15N2O8P.Li.H/c1-5-3-12(10(15)11-9(5)14)8-2-6(13)7(20-8)4-19-21(16,17)18;;/h3,6-8,13H,2,4H2,1H3,(H,11,14,15)(H2,16,17,18);;/t6-,7+,8+;;/m0../s1. The molecule has 3 atom stereocenters. The summed E-state index contributed by atoms with van der Waals surface area (Å²) >= 11 is 0. The first-order valence-electron chi connectivity index (χ1n) is 6.03. The van der Waals surface area contributed by atoms with Gasteiger partial charge in [0.25, 0.3) is 5.56 Å². The number of aromatic nitrogens is 2. The summed E-state index contributed by atoms with van der Waals surface area (Å²) in [5.41, 5.74) is -0.918. The van der Waals surface area contributed by atoms with Gasteiger partial charge in [0.2, 0.25) is 0 Å². The first kappa shape index (κ1) is 19.4. The SMILES string of the molecule is Cc1cn([C@H]2C[C@H](O)[C@@H](COP(=O)(O)O)O2)c(=O)[nH]c1=O.[LiH]. The molecule has 0 radical (unpaired) electrons. The number of aliphatic hydroxyl groups excluding tert-OH is 1. The Labute approximate surface area is 136 Å². The molecule has 1 aliphatic rings. The predicted octanol–water partition coefficient (Wildman–Crippen LogP) is -2.05. The van der Waals surface area contributed by atoms with Crippen molar-refractivity contribution in [3.63, 3.8) is 0 Å². The van der Waals surface area contributed by atoms with E-state index in [9.17, 15) is 19.3 Å². The summed E-state index contributed by atoms with van der Waals surface area (Å²) in [6, 6.07) is 0. The van der Waals surface area contributed by atoms with Gasteiger partial charge in [-0.2, -0.15) is 0 Å². The van der Waals surface area contributed by atoms with Gasteiger partial charge in [0.05, 0.1) is 12.7 Å². The number of phosphoric ester groups is 1. The monoisotopic (exact) mass is 330 g/mol. The maximum absolute atomic E-state index is 11.7. The molecule has 2 rings (SSSR count). The van der Waals surface area contributed by atoms with Crippen LogP contribution >= 0.6 is 7.82 Å². The van der Waals surface area contributed by atoms with Crippen LogP contribution in [0.2, 0.25) is 0 Å². The van der Waals surface area contributed by atoms with Crippen LogP contribution in [0, 0.1) is 6.92 Å². The summed E-state index contributed by atoms with van der Waals surface area (Å²) in [7, 11) is -4.67. The van der Waals surface area contributed by atoms with Crippen molar-refractivity contribution in [3.8, 4) is 0 Å². The molecule has 1 fully saturated rings. The van der Waals surface area contributed by atoms with Crippen LogP contribution in [-0.4, -0.2) is 62.1 Å². The zero-order valence-electron chi connectivity index (χ0n) is 11.0. The van der Waals surface area contributed by atoms with E-state index in [1.165, 1.54) is 13.1 Å². The molecule has 120 valence electrons. The van der Waals surface area contributed by atoms with Crippen LogP contribution in [0.15, 0.2) is 15.8 Å². The molecule has 1 saturated heterocycles. The number of hydrogen-bond acceptors (Lipinski definition) is 6. The average Bonchev–Trinajstić information content (AvgIpc) is 2.72. The van der Waals surface area contributed by atoms with Crippen molar-refractivity contribution >= 4 is 26.7 Å². The second kappa shape index (κ2) is 7.25. The Bertz CT molecular complexity index is 682. The first-order valence-corrected chi connectivity index (χ1v) is 7.56. The van der Waals surface area contributed by atoms with Gasteiger partial charge in [-0.25, -0.2) is 9.36 Å². The summed E-state index contributed by atoms with van der Waals surface area (Å²) in [5, 5.41) is 9.79. The Hall–Kier alpha value is -0.693. The van der Waals surface area contributed by atoms with Crippen LogP contribution in [0.25, 0.3) is 0 Å². The van der Waals surface area contributed by atoms with Crippen molar-refractivity contribution in [1.29, 1.82) is 0 Å². The van der Waals surface area contributed by atoms with Crippen LogP contribution in [0.4, 0.5) is 0 Å². The third kappa shape index (κ3) is 4.65. The quantitative estimate of drug-likeness (QED) is 0.364. The number of nitrogens with one attached hydrogen (secondary N) is 1. The fraction of sp³-hybridized carbons (Fsp3) is 0.600. The van der Waals surface area contributed by atoms with Crippen LogP contribution in [-0.2, 0) is 13.8 Å². The Morgan fingerprint density at radius 2 is 2.14 bits per heavy atom. The van der Waals surface area contributed by atoms with E-state index in [2.05, 4.69) is 9.51 Å². The van der Waals surface area contributed by atoms with Gasteiger partial charge in [0.1, 0.15) is 12.3 Å². The molecule has 0 amide bonds. The number of aryl methyl sites for hydroxylation is 1. The van der Waals surface area contributed by atoms with Crippen molar-refractivity contribution in [3.05, 3.63) is 32.6 Å². The molecule has 1 aromatic rings. The second-order valence-electron chi connectivity index (χ2n) is 4.70. The molecule has 1 aromatic heterocycles. The summed E-state index contributed by atoms with van der Waals surface area (Å²) in [4.78, 5) is 42.3. The minimum atomic E-state index is -4.67. The molecule has 12 heteroatoms. The molecule has 10 nitrogen and oxygen atoms in total. The third-order valence-electron chi connectivity index (χ3n) is 3.07. The van der Waals surface area contributed by atoms with E-state index in [0.717, 1.165) is 4.57 Å². The zero-order valence-corrected chi connectivity index (χ0v) is 11.9. The van der Waals surface area contributed by atoms with E-state index >= 15 is 0 Å². The van der Waals surface area contributed by atoms with E-state index in [1.807, 2.05) is 0 Å². The molecule has 22 heavy (non-hydrogen) atoms. The second-order valence-corrected chi connectivity index (χ2v) is 5.94. The first-order chi connectivity index (χ1) is 9.67. The van der Waals surface area contributed by atoms with Crippen LogP contribution in [0.3, 0.4) is 0 Å². The number of rotatable bonds is 4. The van der Waals surface area contributed by atoms with E-state index in [1.54, 1.807) is 0 Å². The van der Waals surface area contributed by atoms with E-state index in [0.29, 0.717) is 5.56 Å². The van der Waals surface area contributed by atoms with Crippen molar-refractivity contribution in [2.75, 3.05) is 6.61 Å². The van der Waals surface area contributed by atoms with Gasteiger partial charge < -0.3 is 19.6 Å². The molecule has 0 bridgehead atoms. The van der Waals surface area contributed by atoms with Gasteiger partial charge in [-0.05, 0) is 6.92 Å². The molecular weight excluding hydrogens is 314 g/mol. The number of aliphatic hydroxyl groups is 1. The Balaban J connectivity index is 0.00000242. The molecular formula is C10H16LiN2O8P. The van der Waals surface area contributed by atoms with Crippen LogP contribution < -0.4 is 11.2 Å². The molecule has 0 aromatic carbocycles. The molecule has 4 N–H and O–H groups in total. The van der Waals surface area contributed by atoms with Gasteiger partial charge in [-0.15, -0.1) is 0 Å². The average molecular weight is 330 g/mol. The number of phosphoric acid groups is 1. The number of hydrogen-bond donors (Lipinski definition) is 4. The van der Waals surface area contributed by atoms with Crippen molar-refractivity contribution in [2.24, 2.45) is 0 Å². The summed E-state index contributed by atoms with van der Waals surface area (Å²) in [6.45, 7) is 0.994. The molecule has 0 unspecified atom stereocenters. The van der Waals surface area contributed by atoms with Gasteiger partial charge in [-0.1, -0.05) is 0 Å². The van der Waals surface area contributed by atoms with Crippen molar-refractivity contribution in [2.45, 2.75) is 31.8 Å². The third-order valence-corrected chi connectivity index (χ3v) is 3.55. The van der Waals surface area contributed by atoms with Crippen molar-refractivity contribution < 1.29 is 28.7 Å². The number of nitrogens with zero attached hydrogens (tertiary/aromatic N) is 1. The fourth-order valence-corrected chi connectivity index (χ4v) is 2.35. The summed E-state index contributed by atoms with van der Waals surface area (Å²) in [5.74, 6) is 0. The Kier molecular flexibility index (Phi) is 6.38. The van der Waals surface area contributed by atoms with Gasteiger partial charge >= 0.3 is 32.4 Å². The Morgan fingerprint density at radius 3 is 2.73 bits per heavy atom. The molecule has 2 heterocycles. The van der Waals surface area contributed by atoms with Crippen LogP contribution in [0.1, 0.15) is 18.2 Å².